The first-order valence-electron chi connectivity index (χ1n) is 3.22. The number of carboxylic acid groups (broad SMARTS) is 1. The van der Waals surface area contributed by atoms with E-state index in [1.807, 2.05) is 0 Å². The van der Waals surface area contributed by atoms with E-state index in [1.54, 1.807) is 0 Å². The van der Waals surface area contributed by atoms with Crippen LogP contribution in [0.25, 0.3) is 0 Å². The van der Waals surface area contributed by atoms with Crippen LogP contribution in [-0.2, 0) is 4.79 Å². The molecule has 1 atom stereocenters. The first kappa shape index (κ1) is 10.3. The molecule has 0 heterocycles. The number of carbonyl (C=O) groups is 1. The van der Waals surface area contributed by atoms with Gasteiger partial charge in [0.15, 0.2) is 0 Å². The number of hydrogen-bond acceptors (Lipinski definition) is 2. The maximum atomic E-state index is 11.8. The normalized spacial score (nSPS) is 13.5. The fraction of sp³-hybridized carbons (Fsp3) is 0.833. The van der Waals surface area contributed by atoms with E-state index in [4.69, 9.17) is 10.8 Å². The molecule has 0 saturated carbocycles. The minimum absolute atomic E-state index is 0.150. The van der Waals surface area contributed by atoms with E-state index in [0.717, 1.165) is 0 Å². The highest BCUT2D eigenvalue weighted by Gasteiger charge is 2.18. The number of halogens is 2. The molecule has 5 heteroatoms. The molecule has 0 rings (SSSR count). The lowest BCUT2D eigenvalue weighted by molar-refractivity contribution is -0.139. The highest BCUT2D eigenvalue weighted by molar-refractivity contribution is 5.73. The first-order chi connectivity index (χ1) is 5.11. The molecule has 0 radical (unpaired) electrons. The molecule has 3 N–H and O–H groups in total. The number of nitrogens with two attached hydrogens (primary N) is 1. The van der Waals surface area contributed by atoms with Crippen molar-refractivity contribution in [2.45, 2.75) is 12.5 Å². The molecule has 0 aliphatic carbocycles. The fourth-order valence-electron chi connectivity index (χ4n) is 0.627. The Bertz CT molecular complexity index is 128. The number of rotatable bonds is 5. The Morgan fingerprint density at radius 1 is 1.45 bits per heavy atom. The lowest BCUT2D eigenvalue weighted by Crippen LogP contribution is -2.33. The molecule has 0 aliphatic rings. The van der Waals surface area contributed by atoms with E-state index < -0.39 is 31.3 Å². The molecule has 0 aromatic carbocycles. The lowest BCUT2D eigenvalue weighted by atomic mass is 10.0. The molecule has 0 aromatic rings. The van der Waals surface area contributed by atoms with Gasteiger partial charge in [-0.3, -0.25) is 13.6 Å². The molecule has 0 amide bonds. The van der Waals surface area contributed by atoms with E-state index in [9.17, 15) is 13.6 Å². The average Bonchev–Trinajstić information content (AvgIpc) is 1.99. The minimum Gasteiger partial charge on any atom is -0.480 e. The topological polar surface area (TPSA) is 63.3 Å². The van der Waals surface area contributed by atoms with Crippen LogP contribution >= 0.6 is 0 Å². The monoisotopic (exact) mass is 167 g/mol. The van der Waals surface area contributed by atoms with Gasteiger partial charge in [-0.15, -0.1) is 0 Å². The molecule has 0 bridgehead atoms. The van der Waals surface area contributed by atoms with E-state index in [-0.39, 0.29) is 6.42 Å². The maximum absolute atomic E-state index is 11.8. The van der Waals surface area contributed by atoms with Gasteiger partial charge in [0.05, 0.1) is 13.3 Å². The van der Waals surface area contributed by atoms with Gasteiger partial charge in [-0.05, 0) is 6.42 Å². The highest BCUT2D eigenvalue weighted by Crippen LogP contribution is 2.07. The summed E-state index contributed by atoms with van der Waals surface area (Å²) in [5.74, 6) is -2.10. The molecule has 0 aliphatic heterocycles. The Morgan fingerprint density at radius 3 is 2.18 bits per heavy atom. The third-order valence-electron chi connectivity index (χ3n) is 1.34. The van der Waals surface area contributed by atoms with Crippen LogP contribution in [-0.4, -0.2) is 30.5 Å². The molecular formula is C6H11F2NO2. The van der Waals surface area contributed by atoms with Gasteiger partial charge in [0.2, 0.25) is 0 Å². The molecule has 11 heavy (non-hydrogen) atoms. The zero-order valence-electron chi connectivity index (χ0n) is 5.96. The summed E-state index contributed by atoms with van der Waals surface area (Å²) < 4.78 is 23.6. The van der Waals surface area contributed by atoms with Gasteiger partial charge in [0, 0.05) is 5.92 Å². The van der Waals surface area contributed by atoms with Crippen molar-refractivity contribution in [3.05, 3.63) is 0 Å². The Morgan fingerprint density at radius 2 is 1.91 bits per heavy atom. The molecule has 0 unspecified atom stereocenters. The van der Waals surface area contributed by atoms with Crippen molar-refractivity contribution in [2.24, 2.45) is 11.7 Å². The van der Waals surface area contributed by atoms with Crippen molar-refractivity contribution in [3.8, 4) is 0 Å². The van der Waals surface area contributed by atoms with Crippen molar-refractivity contribution in [1.82, 2.24) is 0 Å². The molecular weight excluding hydrogens is 156 g/mol. The van der Waals surface area contributed by atoms with E-state index in [2.05, 4.69) is 0 Å². The summed E-state index contributed by atoms with van der Waals surface area (Å²) in [4.78, 5) is 10.1. The predicted octanol–water partition coefficient (Wildman–Crippen LogP) is 0.344. The summed E-state index contributed by atoms with van der Waals surface area (Å²) in [5.41, 5.74) is 5.04. The predicted molar refractivity (Wildman–Crippen MR) is 35.7 cm³/mol. The first-order valence-corrected chi connectivity index (χ1v) is 3.22. The van der Waals surface area contributed by atoms with Gasteiger partial charge in [0.25, 0.3) is 0 Å². The minimum atomic E-state index is -1.23. The summed E-state index contributed by atoms with van der Waals surface area (Å²) in [7, 11) is 0. The van der Waals surface area contributed by atoms with Crippen LogP contribution in [0.4, 0.5) is 8.78 Å². The van der Waals surface area contributed by atoms with E-state index in [1.165, 1.54) is 0 Å². The van der Waals surface area contributed by atoms with Gasteiger partial charge in [0.1, 0.15) is 6.04 Å². The third kappa shape index (κ3) is 3.87. The second-order valence-corrected chi connectivity index (χ2v) is 2.36. The zero-order valence-corrected chi connectivity index (χ0v) is 5.96. The van der Waals surface area contributed by atoms with Crippen molar-refractivity contribution in [1.29, 1.82) is 0 Å². The summed E-state index contributed by atoms with van der Waals surface area (Å²) in [6, 6.07) is -1.16. The van der Waals surface area contributed by atoms with Crippen molar-refractivity contribution >= 4 is 5.97 Å². The van der Waals surface area contributed by atoms with Crippen LogP contribution in [0.1, 0.15) is 6.42 Å². The van der Waals surface area contributed by atoms with Crippen LogP contribution in [0.3, 0.4) is 0 Å². The fourth-order valence-corrected chi connectivity index (χ4v) is 0.627. The summed E-state index contributed by atoms with van der Waals surface area (Å²) >= 11 is 0. The van der Waals surface area contributed by atoms with Crippen molar-refractivity contribution < 1.29 is 18.7 Å². The average molecular weight is 167 g/mol. The quantitative estimate of drug-likeness (QED) is 0.620. The highest BCUT2D eigenvalue weighted by atomic mass is 19.1. The van der Waals surface area contributed by atoms with Gasteiger partial charge in [-0.1, -0.05) is 0 Å². The standard InChI is InChI=1S/C6H11F2NO2/c7-2-4(3-8)1-5(9)6(10)11/h4-5H,1-3,9H2,(H,10,11)/t5-/m0/s1. The number of hydrogen-bond donors (Lipinski definition) is 2. The molecule has 66 valence electrons. The zero-order chi connectivity index (χ0) is 8.85. The van der Waals surface area contributed by atoms with Crippen LogP contribution in [0.5, 0.6) is 0 Å². The molecule has 0 spiro atoms. The number of alkyl halides is 2. The van der Waals surface area contributed by atoms with Crippen LogP contribution in [0, 0.1) is 5.92 Å². The third-order valence-corrected chi connectivity index (χ3v) is 1.34. The smallest absolute Gasteiger partial charge is 0.320 e. The Kier molecular flexibility index (Phi) is 4.69. The van der Waals surface area contributed by atoms with Crippen LogP contribution in [0.2, 0.25) is 0 Å². The van der Waals surface area contributed by atoms with Crippen LogP contribution < -0.4 is 5.73 Å². The lowest BCUT2D eigenvalue weighted by Gasteiger charge is -2.10. The maximum Gasteiger partial charge on any atom is 0.320 e. The molecule has 3 nitrogen and oxygen atoms in total. The van der Waals surface area contributed by atoms with Gasteiger partial charge >= 0.3 is 5.97 Å². The van der Waals surface area contributed by atoms with Crippen molar-refractivity contribution in [2.75, 3.05) is 13.3 Å². The van der Waals surface area contributed by atoms with Gasteiger partial charge < -0.3 is 10.8 Å². The Balaban J connectivity index is 3.71. The van der Waals surface area contributed by atoms with Crippen molar-refractivity contribution in [3.63, 3.8) is 0 Å². The molecule has 0 saturated heterocycles. The second kappa shape index (κ2) is 5.01. The summed E-state index contributed by atoms with van der Waals surface area (Å²) in [5, 5.41) is 8.25. The van der Waals surface area contributed by atoms with E-state index in [0.29, 0.717) is 0 Å². The summed E-state index contributed by atoms with van der Waals surface area (Å²) in [6.45, 7) is -1.73. The van der Waals surface area contributed by atoms with Gasteiger partial charge in [-0.2, -0.15) is 0 Å². The molecule has 0 aromatic heterocycles. The van der Waals surface area contributed by atoms with Gasteiger partial charge in [-0.25, -0.2) is 0 Å². The summed E-state index contributed by atoms with van der Waals surface area (Å²) in [6.07, 6.45) is -0.150. The van der Waals surface area contributed by atoms with Crippen LogP contribution in [0.15, 0.2) is 0 Å². The Labute approximate surface area is 63.2 Å². The molecule has 0 fully saturated rings. The Hall–Kier alpha value is -0.710. The largest absolute Gasteiger partial charge is 0.480 e. The second-order valence-electron chi connectivity index (χ2n) is 2.36. The van der Waals surface area contributed by atoms with E-state index >= 15 is 0 Å². The number of aliphatic carboxylic acids is 1. The SMILES string of the molecule is N[C@@H](CC(CF)CF)C(=O)O. The number of carboxylic acids is 1.